The summed E-state index contributed by atoms with van der Waals surface area (Å²) in [6.45, 7) is 5.87. The Labute approximate surface area is 152 Å². The molecule has 1 amide bonds. The van der Waals surface area contributed by atoms with E-state index in [9.17, 15) is 4.79 Å². The number of thioether (sulfide) groups is 1. The van der Waals surface area contributed by atoms with Crippen LogP contribution >= 0.6 is 11.8 Å². The molecule has 1 N–H and O–H groups in total. The van der Waals surface area contributed by atoms with Gasteiger partial charge in [0.05, 0.1) is 11.4 Å². The largest absolute Gasteiger partial charge is 0.437 e. The third-order valence-electron chi connectivity index (χ3n) is 4.80. The quantitative estimate of drug-likeness (QED) is 0.801. The van der Waals surface area contributed by atoms with Crippen LogP contribution in [0.25, 0.3) is 0 Å². The lowest BCUT2D eigenvalue weighted by molar-refractivity contribution is -0.119. The van der Waals surface area contributed by atoms with E-state index >= 15 is 0 Å². The molecule has 1 aromatic carbocycles. The Hall–Kier alpha value is -1.79. The van der Waals surface area contributed by atoms with Crippen LogP contribution in [-0.4, -0.2) is 36.4 Å². The van der Waals surface area contributed by atoms with Gasteiger partial charge in [-0.15, -0.1) is 0 Å². The van der Waals surface area contributed by atoms with Crippen molar-refractivity contribution in [2.24, 2.45) is 0 Å². The molecule has 2 aromatic rings. The van der Waals surface area contributed by atoms with Gasteiger partial charge in [0.25, 0.3) is 5.22 Å². The van der Waals surface area contributed by atoms with E-state index in [1.165, 1.54) is 17.3 Å². The molecule has 0 aliphatic carbocycles. The molecule has 5 nitrogen and oxygen atoms in total. The molecule has 1 saturated heterocycles. The number of aryl methyl sites for hydroxylation is 2. The van der Waals surface area contributed by atoms with Crippen LogP contribution in [0, 0.1) is 13.8 Å². The van der Waals surface area contributed by atoms with E-state index in [1.54, 1.807) is 0 Å². The van der Waals surface area contributed by atoms with Crippen LogP contribution in [0.3, 0.4) is 0 Å². The van der Waals surface area contributed by atoms with Gasteiger partial charge in [0.15, 0.2) is 0 Å². The number of rotatable bonds is 6. The number of benzene rings is 1. The Morgan fingerprint density at radius 2 is 1.96 bits per heavy atom. The van der Waals surface area contributed by atoms with Crippen molar-refractivity contribution in [3.63, 3.8) is 0 Å². The van der Waals surface area contributed by atoms with E-state index < -0.39 is 0 Å². The van der Waals surface area contributed by atoms with Crippen molar-refractivity contribution in [3.8, 4) is 0 Å². The normalized spacial score (nSPS) is 16.6. The molecule has 1 fully saturated rings. The maximum atomic E-state index is 12.3. The standard InChI is InChI=1S/C19H24N2O3S/c1-14-15(2)24-18(21-14)25-12-17(22)20-13-19(8-10-23-11-9-19)16-6-4-3-5-7-16/h3-7H,8-13H2,1-2H3,(H,20,22). The van der Waals surface area contributed by atoms with Gasteiger partial charge in [0.1, 0.15) is 5.76 Å². The van der Waals surface area contributed by atoms with Crippen molar-refractivity contribution in [2.45, 2.75) is 37.3 Å². The van der Waals surface area contributed by atoms with Crippen molar-refractivity contribution >= 4 is 17.7 Å². The topological polar surface area (TPSA) is 64.4 Å². The lowest BCUT2D eigenvalue weighted by atomic mass is 9.74. The fraction of sp³-hybridized carbons (Fsp3) is 0.474. The molecule has 0 saturated carbocycles. The summed E-state index contributed by atoms with van der Waals surface area (Å²) in [5.41, 5.74) is 2.09. The Kier molecular flexibility index (Phi) is 5.81. The Bertz CT molecular complexity index is 689. The van der Waals surface area contributed by atoms with Crippen molar-refractivity contribution < 1.29 is 13.9 Å². The average molecular weight is 360 g/mol. The number of carbonyl (C=O) groups is 1. The van der Waals surface area contributed by atoms with Crippen LogP contribution in [-0.2, 0) is 14.9 Å². The fourth-order valence-corrected chi connectivity index (χ4v) is 3.81. The van der Waals surface area contributed by atoms with E-state index in [0.717, 1.165) is 37.5 Å². The van der Waals surface area contributed by atoms with Crippen LogP contribution in [0.2, 0.25) is 0 Å². The first kappa shape index (κ1) is 18.0. The Morgan fingerprint density at radius 3 is 2.60 bits per heavy atom. The molecular weight excluding hydrogens is 336 g/mol. The maximum Gasteiger partial charge on any atom is 0.256 e. The molecule has 0 atom stereocenters. The number of ether oxygens (including phenoxy) is 1. The minimum absolute atomic E-state index is 0.000282. The second-order valence-corrected chi connectivity index (χ2v) is 7.37. The lowest BCUT2D eigenvalue weighted by Crippen LogP contribution is -2.45. The summed E-state index contributed by atoms with van der Waals surface area (Å²) in [6.07, 6.45) is 1.84. The highest BCUT2D eigenvalue weighted by molar-refractivity contribution is 7.99. The molecule has 0 unspecified atom stereocenters. The first-order valence-corrected chi connectivity index (χ1v) is 9.54. The van der Waals surface area contributed by atoms with E-state index in [0.29, 0.717) is 17.5 Å². The van der Waals surface area contributed by atoms with Crippen molar-refractivity contribution in [1.82, 2.24) is 10.3 Å². The summed E-state index contributed by atoms with van der Waals surface area (Å²) in [5.74, 6) is 1.11. The smallest absolute Gasteiger partial charge is 0.256 e. The van der Waals surface area contributed by atoms with Crippen molar-refractivity contribution in [2.75, 3.05) is 25.5 Å². The van der Waals surface area contributed by atoms with Crippen LogP contribution < -0.4 is 5.32 Å². The average Bonchev–Trinajstić information content (AvgIpc) is 2.97. The van der Waals surface area contributed by atoms with Crippen LogP contribution in [0.15, 0.2) is 40.0 Å². The predicted octanol–water partition coefficient (Wildman–Crippen LogP) is 3.25. The summed E-state index contributed by atoms with van der Waals surface area (Å²) in [7, 11) is 0. The van der Waals surface area contributed by atoms with Gasteiger partial charge >= 0.3 is 0 Å². The highest BCUT2D eigenvalue weighted by atomic mass is 32.2. The second-order valence-electron chi connectivity index (χ2n) is 6.45. The maximum absolute atomic E-state index is 12.3. The van der Waals surface area contributed by atoms with E-state index in [-0.39, 0.29) is 11.3 Å². The van der Waals surface area contributed by atoms with E-state index in [2.05, 4.69) is 34.6 Å². The summed E-state index contributed by atoms with van der Waals surface area (Å²) in [5, 5.41) is 3.65. The number of aromatic nitrogens is 1. The fourth-order valence-electron chi connectivity index (χ4n) is 3.07. The number of amides is 1. The SMILES string of the molecule is Cc1nc(SCC(=O)NCC2(c3ccccc3)CCOCC2)oc1C. The zero-order valence-electron chi connectivity index (χ0n) is 14.7. The molecule has 0 radical (unpaired) electrons. The Balaban J connectivity index is 1.58. The summed E-state index contributed by atoms with van der Waals surface area (Å²) >= 11 is 1.33. The monoisotopic (exact) mass is 360 g/mol. The molecule has 0 bridgehead atoms. The molecular formula is C19H24N2O3S. The first-order chi connectivity index (χ1) is 12.1. The first-order valence-electron chi connectivity index (χ1n) is 8.56. The van der Waals surface area contributed by atoms with Crippen LogP contribution in [0.5, 0.6) is 0 Å². The molecule has 0 spiro atoms. The highest BCUT2D eigenvalue weighted by Gasteiger charge is 2.34. The molecule has 25 heavy (non-hydrogen) atoms. The minimum Gasteiger partial charge on any atom is -0.437 e. The van der Waals surface area contributed by atoms with Gasteiger partial charge in [-0.3, -0.25) is 4.79 Å². The third kappa shape index (κ3) is 4.44. The molecule has 3 rings (SSSR count). The lowest BCUT2D eigenvalue weighted by Gasteiger charge is -2.38. The molecule has 1 aromatic heterocycles. The summed E-state index contributed by atoms with van der Waals surface area (Å²) in [6, 6.07) is 10.4. The van der Waals surface area contributed by atoms with Gasteiger partial charge in [-0.2, -0.15) is 0 Å². The number of carbonyl (C=O) groups excluding carboxylic acids is 1. The number of hydrogen-bond acceptors (Lipinski definition) is 5. The van der Waals surface area contributed by atoms with Gasteiger partial charge in [0.2, 0.25) is 5.91 Å². The summed E-state index contributed by atoms with van der Waals surface area (Å²) < 4.78 is 11.0. The molecule has 1 aliphatic heterocycles. The van der Waals surface area contributed by atoms with E-state index in [4.69, 9.17) is 9.15 Å². The predicted molar refractivity (Wildman–Crippen MR) is 97.9 cm³/mol. The van der Waals surface area contributed by atoms with E-state index in [1.807, 2.05) is 19.9 Å². The zero-order chi connectivity index (χ0) is 17.7. The second kappa shape index (κ2) is 8.06. The number of nitrogens with zero attached hydrogens (tertiary/aromatic N) is 1. The van der Waals surface area contributed by atoms with Crippen molar-refractivity contribution in [1.29, 1.82) is 0 Å². The van der Waals surface area contributed by atoms with Crippen molar-refractivity contribution in [3.05, 3.63) is 47.3 Å². The molecule has 134 valence electrons. The van der Waals surface area contributed by atoms with Crippen LogP contribution in [0.4, 0.5) is 0 Å². The highest BCUT2D eigenvalue weighted by Crippen LogP contribution is 2.34. The number of nitrogens with one attached hydrogen (secondary N) is 1. The summed E-state index contributed by atoms with van der Waals surface area (Å²) in [4.78, 5) is 16.6. The third-order valence-corrected chi connectivity index (χ3v) is 5.62. The molecule has 1 aliphatic rings. The van der Waals surface area contributed by atoms with Gasteiger partial charge in [0, 0.05) is 25.2 Å². The molecule has 2 heterocycles. The molecule has 6 heteroatoms. The Morgan fingerprint density at radius 1 is 1.24 bits per heavy atom. The minimum atomic E-state index is -0.0457. The van der Waals surface area contributed by atoms with Crippen LogP contribution in [0.1, 0.15) is 29.9 Å². The number of oxazole rings is 1. The van der Waals surface area contributed by atoms with Gasteiger partial charge in [-0.1, -0.05) is 42.1 Å². The van der Waals surface area contributed by atoms with Gasteiger partial charge < -0.3 is 14.5 Å². The number of hydrogen-bond donors (Lipinski definition) is 1. The van der Waals surface area contributed by atoms with Gasteiger partial charge in [-0.25, -0.2) is 4.98 Å². The van der Waals surface area contributed by atoms with Gasteiger partial charge in [-0.05, 0) is 32.3 Å². The zero-order valence-corrected chi connectivity index (χ0v) is 15.5.